The molecule has 3 rings (SSSR count). The van der Waals surface area contributed by atoms with Crippen molar-refractivity contribution in [2.45, 2.75) is 31.6 Å². The molecule has 0 bridgehead atoms. The van der Waals surface area contributed by atoms with E-state index in [4.69, 9.17) is 6.42 Å². The normalized spacial score (nSPS) is 13.2. The van der Waals surface area contributed by atoms with E-state index in [1.54, 1.807) is 23.5 Å². The van der Waals surface area contributed by atoms with Gasteiger partial charge in [-0.3, -0.25) is 0 Å². The third kappa shape index (κ3) is 4.00. The zero-order valence-electron chi connectivity index (χ0n) is 14.3. The maximum Gasteiger partial charge on any atom is 0.123 e. The number of hydrogen-bond donors (Lipinski definition) is 0. The largest absolute Gasteiger partial charge is 0.207 e. The average Bonchev–Trinajstić information content (AvgIpc) is 3.11. The number of aryl methyl sites for hydroxylation is 1. The molecule has 0 radical (unpaired) electrons. The van der Waals surface area contributed by atoms with Crippen LogP contribution in [0.1, 0.15) is 30.2 Å². The third-order valence-corrected chi connectivity index (χ3v) is 5.69. The molecule has 0 amide bonds. The molecular formula is C23H21FS. The van der Waals surface area contributed by atoms with Crippen molar-refractivity contribution in [3.63, 3.8) is 0 Å². The Balaban J connectivity index is 1.70. The summed E-state index contributed by atoms with van der Waals surface area (Å²) in [7, 11) is 0. The summed E-state index contributed by atoms with van der Waals surface area (Å²) >= 11 is 1.80. The molecule has 0 saturated carbocycles. The SMILES string of the molecule is C#CC(C)(CCCc1sccc1-c1ccccc1)c1ccc(F)cc1. The monoisotopic (exact) mass is 348 g/mol. The molecule has 3 aromatic rings. The Morgan fingerprint density at radius 2 is 1.76 bits per heavy atom. The fourth-order valence-electron chi connectivity index (χ4n) is 3.13. The van der Waals surface area contributed by atoms with Crippen molar-refractivity contribution in [3.8, 4) is 23.5 Å². The number of halogens is 1. The van der Waals surface area contributed by atoms with Crippen LogP contribution in [0.4, 0.5) is 4.39 Å². The topological polar surface area (TPSA) is 0 Å². The fraction of sp³-hybridized carbons (Fsp3) is 0.217. The predicted molar refractivity (Wildman–Crippen MR) is 105 cm³/mol. The predicted octanol–water partition coefficient (Wildman–Crippen LogP) is 6.47. The molecular weight excluding hydrogens is 327 g/mol. The minimum atomic E-state index is -0.363. The Bertz CT molecular complexity index is 855. The Labute approximate surface area is 153 Å². The molecule has 0 spiro atoms. The Morgan fingerprint density at radius 3 is 2.44 bits per heavy atom. The quantitative estimate of drug-likeness (QED) is 0.448. The first-order chi connectivity index (χ1) is 12.1. The molecule has 1 heterocycles. The fourth-order valence-corrected chi connectivity index (χ4v) is 4.07. The van der Waals surface area contributed by atoms with Crippen LogP contribution in [0.2, 0.25) is 0 Å². The lowest BCUT2D eigenvalue weighted by Gasteiger charge is -2.24. The number of benzene rings is 2. The molecule has 2 heteroatoms. The minimum absolute atomic E-state index is 0.228. The molecule has 126 valence electrons. The van der Waals surface area contributed by atoms with Crippen LogP contribution in [-0.4, -0.2) is 0 Å². The van der Waals surface area contributed by atoms with Gasteiger partial charge in [-0.2, -0.15) is 0 Å². The number of hydrogen-bond acceptors (Lipinski definition) is 1. The molecule has 0 saturated heterocycles. The molecule has 1 aromatic heterocycles. The van der Waals surface area contributed by atoms with Gasteiger partial charge >= 0.3 is 0 Å². The van der Waals surface area contributed by atoms with Crippen molar-refractivity contribution in [1.82, 2.24) is 0 Å². The lowest BCUT2D eigenvalue weighted by Crippen LogP contribution is -2.19. The second-order valence-electron chi connectivity index (χ2n) is 6.46. The van der Waals surface area contributed by atoms with E-state index >= 15 is 0 Å². The van der Waals surface area contributed by atoms with Gasteiger partial charge in [0.1, 0.15) is 5.82 Å². The van der Waals surface area contributed by atoms with Crippen LogP contribution in [0.5, 0.6) is 0 Å². The molecule has 0 N–H and O–H groups in total. The Hall–Kier alpha value is -2.37. The van der Waals surface area contributed by atoms with Gasteiger partial charge in [-0.25, -0.2) is 4.39 Å². The molecule has 0 aliphatic carbocycles. The number of terminal acetylenes is 1. The first-order valence-electron chi connectivity index (χ1n) is 8.48. The van der Waals surface area contributed by atoms with Gasteiger partial charge in [0.05, 0.1) is 5.41 Å². The highest BCUT2D eigenvalue weighted by Gasteiger charge is 2.23. The lowest BCUT2D eigenvalue weighted by molar-refractivity contribution is 0.532. The molecule has 25 heavy (non-hydrogen) atoms. The highest BCUT2D eigenvalue weighted by molar-refractivity contribution is 7.10. The van der Waals surface area contributed by atoms with Gasteiger partial charge in [-0.1, -0.05) is 48.4 Å². The molecule has 0 aliphatic heterocycles. The van der Waals surface area contributed by atoms with Gasteiger partial charge in [0.2, 0.25) is 0 Å². The standard InChI is InChI=1S/C23H21FS/c1-3-23(2,19-11-13-20(24)14-12-19)16-7-10-22-21(15-17-25-22)18-8-5-4-6-9-18/h1,4-6,8-9,11-15,17H,7,10,16H2,2H3. The number of thiophene rings is 1. The average molecular weight is 348 g/mol. The van der Waals surface area contributed by atoms with Crippen LogP contribution >= 0.6 is 11.3 Å². The summed E-state index contributed by atoms with van der Waals surface area (Å²) < 4.78 is 13.2. The Kier molecular flexibility index (Phi) is 5.36. The zero-order chi connectivity index (χ0) is 17.7. The van der Waals surface area contributed by atoms with E-state index in [0.717, 1.165) is 24.8 Å². The summed E-state index contributed by atoms with van der Waals surface area (Å²) in [5.41, 5.74) is 3.22. The molecule has 1 atom stereocenters. The summed E-state index contributed by atoms with van der Waals surface area (Å²) in [6.45, 7) is 2.06. The first kappa shape index (κ1) is 17.5. The van der Waals surface area contributed by atoms with Crippen LogP contribution in [0, 0.1) is 18.2 Å². The van der Waals surface area contributed by atoms with Crippen molar-refractivity contribution in [2.75, 3.05) is 0 Å². The number of rotatable bonds is 6. The van der Waals surface area contributed by atoms with Gasteiger partial charge < -0.3 is 0 Å². The molecule has 2 aromatic carbocycles. The van der Waals surface area contributed by atoms with E-state index in [0.29, 0.717) is 0 Å². The third-order valence-electron chi connectivity index (χ3n) is 4.71. The summed E-state index contributed by atoms with van der Waals surface area (Å²) in [6, 6.07) is 19.2. The smallest absolute Gasteiger partial charge is 0.123 e. The van der Waals surface area contributed by atoms with Crippen LogP contribution in [-0.2, 0) is 11.8 Å². The van der Waals surface area contributed by atoms with Crippen molar-refractivity contribution in [1.29, 1.82) is 0 Å². The minimum Gasteiger partial charge on any atom is -0.207 e. The summed E-state index contributed by atoms with van der Waals surface area (Å²) in [6.07, 6.45) is 8.69. The highest BCUT2D eigenvalue weighted by atomic mass is 32.1. The zero-order valence-corrected chi connectivity index (χ0v) is 15.2. The molecule has 1 unspecified atom stereocenters. The first-order valence-corrected chi connectivity index (χ1v) is 9.36. The van der Waals surface area contributed by atoms with Crippen LogP contribution in [0.15, 0.2) is 66.0 Å². The van der Waals surface area contributed by atoms with Gasteiger partial charge in [0.25, 0.3) is 0 Å². The van der Waals surface area contributed by atoms with Crippen molar-refractivity contribution in [3.05, 3.63) is 82.3 Å². The van der Waals surface area contributed by atoms with Crippen molar-refractivity contribution >= 4 is 11.3 Å². The molecule has 0 fully saturated rings. The second-order valence-corrected chi connectivity index (χ2v) is 7.46. The summed E-state index contributed by atoms with van der Waals surface area (Å²) in [4.78, 5) is 1.39. The van der Waals surface area contributed by atoms with E-state index in [1.807, 2.05) is 6.07 Å². The molecule has 0 aliphatic rings. The van der Waals surface area contributed by atoms with Crippen LogP contribution < -0.4 is 0 Å². The van der Waals surface area contributed by atoms with Gasteiger partial charge in [-0.15, -0.1) is 17.8 Å². The highest BCUT2D eigenvalue weighted by Crippen LogP contribution is 2.33. The van der Waals surface area contributed by atoms with E-state index < -0.39 is 0 Å². The van der Waals surface area contributed by atoms with Crippen molar-refractivity contribution < 1.29 is 4.39 Å². The van der Waals surface area contributed by atoms with E-state index in [9.17, 15) is 4.39 Å². The second kappa shape index (κ2) is 7.68. The maximum atomic E-state index is 13.2. The van der Waals surface area contributed by atoms with E-state index in [-0.39, 0.29) is 11.2 Å². The van der Waals surface area contributed by atoms with Crippen LogP contribution in [0.3, 0.4) is 0 Å². The van der Waals surface area contributed by atoms with Crippen LogP contribution in [0.25, 0.3) is 11.1 Å². The summed E-state index contributed by atoms with van der Waals surface area (Å²) in [5, 5.41) is 2.15. The van der Waals surface area contributed by atoms with Gasteiger partial charge in [-0.05, 0) is 66.5 Å². The lowest BCUT2D eigenvalue weighted by atomic mass is 9.79. The molecule has 0 nitrogen and oxygen atoms in total. The van der Waals surface area contributed by atoms with Crippen molar-refractivity contribution in [2.24, 2.45) is 0 Å². The Morgan fingerprint density at radius 1 is 1.04 bits per heavy atom. The van der Waals surface area contributed by atoms with E-state index in [2.05, 4.69) is 48.6 Å². The van der Waals surface area contributed by atoms with Gasteiger partial charge in [0.15, 0.2) is 0 Å². The maximum absolute atomic E-state index is 13.2. The summed E-state index contributed by atoms with van der Waals surface area (Å²) in [5.74, 6) is 2.69. The van der Waals surface area contributed by atoms with E-state index in [1.165, 1.54) is 28.1 Å². The van der Waals surface area contributed by atoms with Gasteiger partial charge in [0, 0.05) is 4.88 Å².